The van der Waals surface area contributed by atoms with Gasteiger partial charge in [0.05, 0.1) is 22.5 Å². The molecule has 0 fully saturated rings. The van der Waals surface area contributed by atoms with Crippen LogP contribution in [0.2, 0.25) is 0 Å². The summed E-state index contributed by atoms with van der Waals surface area (Å²) in [6.45, 7) is 5.06. The van der Waals surface area contributed by atoms with Gasteiger partial charge in [0, 0.05) is 17.0 Å². The van der Waals surface area contributed by atoms with Crippen LogP contribution >= 0.6 is 0 Å². The molecule has 3 aromatic carbocycles. The van der Waals surface area contributed by atoms with Crippen molar-refractivity contribution in [2.24, 2.45) is 5.10 Å². The molecule has 1 amide bonds. The summed E-state index contributed by atoms with van der Waals surface area (Å²) in [4.78, 5) is 12.9. The molecule has 37 heavy (non-hydrogen) atoms. The van der Waals surface area contributed by atoms with Gasteiger partial charge in [-0.1, -0.05) is 42.5 Å². The summed E-state index contributed by atoms with van der Waals surface area (Å²) in [6, 6.07) is 23.2. The summed E-state index contributed by atoms with van der Waals surface area (Å²) in [7, 11) is -4.01. The Bertz CT molecular complexity index is 1560. The van der Waals surface area contributed by atoms with E-state index in [0.717, 1.165) is 21.3 Å². The van der Waals surface area contributed by atoms with Gasteiger partial charge in [-0.2, -0.15) is 5.10 Å². The fourth-order valence-corrected chi connectivity index (χ4v) is 5.51. The summed E-state index contributed by atoms with van der Waals surface area (Å²) in [6.07, 6.45) is 1.46. The highest BCUT2D eigenvalue weighted by Gasteiger charge is 2.27. The van der Waals surface area contributed by atoms with Crippen molar-refractivity contribution in [3.8, 4) is 5.69 Å². The quantitative estimate of drug-likeness (QED) is 0.266. The number of rotatable bonds is 8. The van der Waals surface area contributed by atoms with Crippen LogP contribution in [0.15, 0.2) is 94.9 Å². The number of anilines is 1. The maximum absolute atomic E-state index is 14.3. The lowest BCUT2D eigenvalue weighted by Crippen LogP contribution is -2.39. The smallest absolute Gasteiger partial charge is 0.264 e. The van der Waals surface area contributed by atoms with Crippen molar-refractivity contribution in [2.75, 3.05) is 10.8 Å². The molecule has 0 atom stereocenters. The normalized spacial score (nSPS) is 11.6. The Labute approximate surface area is 215 Å². The molecule has 190 valence electrons. The van der Waals surface area contributed by atoms with E-state index >= 15 is 0 Å². The molecule has 0 spiro atoms. The van der Waals surface area contributed by atoms with Crippen LogP contribution in [-0.4, -0.2) is 31.7 Å². The fraction of sp³-hybridized carbons (Fsp3) is 0.143. The predicted octanol–water partition coefficient (Wildman–Crippen LogP) is 4.89. The number of sulfonamides is 1. The Balaban J connectivity index is 1.55. The standard InChI is InChI=1S/C28H27FN4O3S/c1-20-10-9-11-24(16-20)32(37(35,36)25-12-5-4-6-13-25)19-28(34)31-30-18-23-17-21(2)33(22(23)3)27-15-8-7-14-26(27)29/h4-18H,19H2,1-3H3,(H,31,34)/b30-18+. The third kappa shape index (κ3) is 5.62. The number of aryl methyl sites for hydroxylation is 2. The molecule has 1 N–H and O–H groups in total. The third-order valence-electron chi connectivity index (χ3n) is 5.86. The first kappa shape index (κ1) is 25.8. The lowest BCUT2D eigenvalue weighted by atomic mass is 10.2. The van der Waals surface area contributed by atoms with Gasteiger partial charge in [0.15, 0.2) is 0 Å². The number of benzene rings is 3. The molecule has 9 heteroatoms. The second-order valence-electron chi connectivity index (χ2n) is 8.57. The van der Waals surface area contributed by atoms with E-state index in [4.69, 9.17) is 0 Å². The highest BCUT2D eigenvalue weighted by molar-refractivity contribution is 7.92. The SMILES string of the molecule is Cc1cccc(N(CC(=O)N/N=C/c2cc(C)n(-c3ccccc3F)c2C)S(=O)(=O)c2ccccc2)c1. The first-order chi connectivity index (χ1) is 17.7. The summed E-state index contributed by atoms with van der Waals surface area (Å²) in [5.41, 5.74) is 6.30. The van der Waals surface area contributed by atoms with E-state index in [2.05, 4.69) is 10.5 Å². The van der Waals surface area contributed by atoms with Crippen molar-refractivity contribution in [1.82, 2.24) is 9.99 Å². The van der Waals surface area contributed by atoms with E-state index in [1.54, 1.807) is 59.2 Å². The van der Waals surface area contributed by atoms with Gasteiger partial charge in [-0.25, -0.2) is 18.2 Å². The zero-order chi connectivity index (χ0) is 26.6. The first-order valence-electron chi connectivity index (χ1n) is 11.6. The molecule has 1 heterocycles. The molecule has 0 aliphatic heterocycles. The highest BCUT2D eigenvalue weighted by atomic mass is 32.2. The lowest BCUT2D eigenvalue weighted by molar-refractivity contribution is -0.119. The number of carbonyl (C=O) groups is 1. The van der Waals surface area contributed by atoms with E-state index in [0.29, 0.717) is 16.9 Å². The Morgan fingerprint density at radius 3 is 2.38 bits per heavy atom. The summed E-state index contributed by atoms with van der Waals surface area (Å²) in [5, 5.41) is 4.04. The van der Waals surface area contributed by atoms with Gasteiger partial charge in [0.25, 0.3) is 15.9 Å². The average Bonchev–Trinajstić information content (AvgIpc) is 3.16. The van der Waals surface area contributed by atoms with Crippen molar-refractivity contribution in [2.45, 2.75) is 25.7 Å². The van der Waals surface area contributed by atoms with Crippen molar-refractivity contribution < 1.29 is 17.6 Å². The van der Waals surface area contributed by atoms with E-state index in [1.165, 1.54) is 24.4 Å². The van der Waals surface area contributed by atoms with Crippen LogP contribution in [0.1, 0.15) is 22.5 Å². The van der Waals surface area contributed by atoms with Gasteiger partial charge in [-0.15, -0.1) is 0 Å². The van der Waals surface area contributed by atoms with Gasteiger partial charge in [0.1, 0.15) is 12.4 Å². The largest absolute Gasteiger partial charge is 0.315 e. The van der Waals surface area contributed by atoms with Crippen LogP contribution in [0.5, 0.6) is 0 Å². The summed E-state index contributed by atoms with van der Waals surface area (Å²) < 4.78 is 44.0. The summed E-state index contributed by atoms with van der Waals surface area (Å²) in [5.74, 6) is -0.961. The van der Waals surface area contributed by atoms with Crippen LogP contribution in [0, 0.1) is 26.6 Å². The van der Waals surface area contributed by atoms with Crippen LogP contribution < -0.4 is 9.73 Å². The van der Waals surface area contributed by atoms with Gasteiger partial charge < -0.3 is 4.57 Å². The van der Waals surface area contributed by atoms with E-state index < -0.39 is 22.5 Å². The Morgan fingerprint density at radius 1 is 0.973 bits per heavy atom. The topological polar surface area (TPSA) is 83.8 Å². The van der Waals surface area contributed by atoms with E-state index in [1.807, 2.05) is 32.9 Å². The molecule has 0 aliphatic carbocycles. The molecule has 0 saturated heterocycles. The average molecular weight is 519 g/mol. The molecule has 0 bridgehead atoms. The first-order valence-corrected chi connectivity index (χ1v) is 13.0. The molecule has 0 unspecified atom stereocenters. The van der Waals surface area contributed by atoms with Gasteiger partial charge >= 0.3 is 0 Å². The molecular formula is C28H27FN4O3S. The number of hydrogen-bond acceptors (Lipinski definition) is 4. The molecule has 1 aromatic heterocycles. The molecule has 4 aromatic rings. The minimum absolute atomic E-state index is 0.0772. The number of nitrogens with zero attached hydrogens (tertiary/aromatic N) is 3. The van der Waals surface area contributed by atoms with Crippen LogP contribution in [0.25, 0.3) is 5.69 Å². The van der Waals surface area contributed by atoms with Crippen molar-refractivity contribution >= 4 is 27.8 Å². The Hall–Kier alpha value is -4.24. The lowest BCUT2D eigenvalue weighted by Gasteiger charge is -2.24. The molecule has 7 nitrogen and oxygen atoms in total. The second kappa shape index (κ2) is 10.8. The van der Waals surface area contributed by atoms with Crippen LogP contribution in [-0.2, 0) is 14.8 Å². The number of aromatic nitrogens is 1. The Kier molecular flexibility index (Phi) is 7.54. The zero-order valence-corrected chi connectivity index (χ0v) is 21.5. The molecule has 0 radical (unpaired) electrons. The number of amides is 1. The van der Waals surface area contributed by atoms with Crippen molar-refractivity contribution in [3.63, 3.8) is 0 Å². The minimum Gasteiger partial charge on any atom is -0.315 e. The zero-order valence-electron chi connectivity index (χ0n) is 20.7. The molecule has 0 aliphatic rings. The van der Waals surface area contributed by atoms with Gasteiger partial charge in [-0.3, -0.25) is 9.10 Å². The molecule has 4 rings (SSSR count). The monoisotopic (exact) mass is 518 g/mol. The predicted molar refractivity (Wildman–Crippen MR) is 143 cm³/mol. The van der Waals surface area contributed by atoms with Crippen molar-refractivity contribution in [1.29, 1.82) is 0 Å². The maximum Gasteiger partial charge on any atom is 0.264 e. The van der Waals surface area contributed by atoms with Crippen molar-refractivity contribution in [3.05, 3.63) is 113 Å². The van der Waals surface area contributed by atoms with E-state index in [-0.39, 0.29) is 10.7 Å². The number of hydrogen-bond donors (Lipinski definition) is 1. The Morgan fingerprint density at radius 2 is 1.68 bits per heavy atom. The number of halogens is 1. The molecule has 0 saturated carbocycles. The summed E-state index contributed by atoms with van der Waals surface area (Å²) >= 11 is 0. The number of nitrogens with one attached hydrogen (secondary N) is 1. The van der Waals surface area contributed by atoms with Gasteiger partial charge in [0.2, 0.25) is 0 Å². The van der Waals surface area contributed by atoms with Crippen LogP contribution in [0.3, 0.4) is 0 Å². The van der Waals surface area contributed by atoms with Gasteiger partial charge in [-0.05, 0) is 68.8 Å². The van der Waals surface area contributed by atoms with E-state index in [9.17, 15) is 17.6 Å². The van der Waals surface area contributed by atoms with Crippen LogP contribution in [0.4, 0.5) is 10.1 Å². The fourth-order valence-electron chi connectivity index (χ4n) is 4.08. The number of carbonyl (C=O) groups excluding carboxylic acids is 1. The second-order valence-corrected chi connectivity index (χ2v) is 10.4. The third-order valence-corrected chi connectivity index (χ3v) is 7.65. The molecular weight excluding hydrogens is 491 g/mol. The minimum atomic E-state index is -4.01. The number of hydrazone groups is 1. The maximum atomic E-state index is 14.3. The number of para-hydroxylation sites is 1. The highest BCUT2D eigenvalue weighted by Crippen LogP contribution is 2.25.